The highest BCUT2D eigenvalue weighted by atomic mass is 35.5. The van der Waals surface area contributed by atoms with Gasteiger partial charge in [0, 0.05) is 42.6 Å². The molecule has 1 aliphatic heterocycles. The van der Waals surface area contributed by atoms with Crippen molar-refractivity contribution >= 4 is 23.4 Å². The zero-order valence-corrected chi connectivity index (χ0v) is 11.8. The van der Waals surface area contributed by atoms with Crippen LogP contribution in [-0.4, -0.2) is 43.9 Å². The van der Waals surface area contributed by atoms with Crippen molar-refractivity contribution in [2.75, 3.05) is 39.0 Å². The summed E-state index contributed by atoms with van der Waals surface area (Å²) in [4.78, 5) is 3.82. The first-order valence-corrected chi connectivity index (χ1v) is 7.66. The van der Waals surface area contributed by atoms with Gasteiger partial charge >= 0.3 is 0 Å². The van der Waals surface area contributed by atoms with E-state index in [1.54, 1.807) is 11.8 Å². The summed E-state index contributed by atoms with van der Waals surface area (Å²) in [5.41, 5.74) is 1.31. The van der Waals surface area contributed by atoms with Gasteiger partial charge in [-0.05, 0) is 30.4 Å². The largest absolute Gasteiger partial charge is 0.314 e. The molecule has 0 radical (unpaired) electrons. The monoisotopic (exact) mass is 270 g/mol. The van der Waals surface area contributed by atoms with Crippen LogP contribution in [0.4, 0.5) is 0 Å². The predicted molar refractivity (Wildman–Crippen MR) is 76.2 cm³/mol. The Labute approximate surface area is 113 Å². The standard InChI is InChI=1S/C13H19ClN2S/c1-17-13-4-2-3-12(14)11(13)5-8-16-9-6-15-7-10-16/h2-4,15H,5-10H2,1H3. The molecule has 1 aliphatic rings. The Morgan fingerprint density at radius 3 is 2.82 bits per heavy atom. The highest BCUT2D eigenvalue weighted by Gasteiger charge is 2.12. The second kappa shape index (κ2) is 6.64. The predicted octanol–water partition coefficient (Wildman–Crippen LogP) is 2.51. The zero-order valence-electron chi connectivity index (χ0n) is 10.2. The molecule has 17 heavy (non-hydrogen) atoms. The van der Waals surface area contributed by atoms with Crippen LogP contribution in [0.15, 0.2) is 23.1 Å². The molecule has 0 unspecified atom stereocenters. The summed E-state index contributed by atoms with van der Waals surface area (Å²) in [7, 11) is 0. The SMILES string of the molecule is CSc1cccc(Cl)c1CCN1CCNCC1. The highest BCUT2D eigenvalue weighted by molar-refractivity contribution is 7.98. The minimum atomic E-state index is 0.909. The average Bonchev–Trinajstić information content (AvgIpc) is 2.38. The van der Waals surface area contributed by atoms with Crippen LogP contribution in [0.25, 0.3) is 0 Å². The number of nitrogens with one attached hydrogen (secondary N) is 1. The quantitative estimate of drug-likeness (QED) is 0.847. The number of piperazine rings is 1. The van der Waals surface area contributed by atoms with E-state index in [9.17, 15) is 0 Å². The molecular weight excluding hydrogens is 252 g/mol. The summed E-state index contributed by atoms with van der Waals surface area (Å²) in [6.45, 7) is 5.63. The third-order valence-corrected chi connectivity index (χ3v) is 4.36. The normalized spacial score (nSPS) is 17.3. The fourth-order valence-electron chi connectivity index (χ4n) is 2.18. The summed E-state index contributed by atoms with van der Waals surface area (Å²) >= 11 is 8.06. The maximum Gasteiger partial charge on any atom is 0.0449 e. The number of rotatable bonds is 4. The van der Waals surface area contributed by atoms with Gasteiger partial charge in [-0.3, -0.25) is 0 Å². The lowest BCUT2D eigenvalue weighted by molar-refractivity contribution is 0.243. The Hall–Kier alpha value is -0.220. The molecule has 1 aromatic rings. The van der Waals surface area contributed by atoms with Gasteiger partial charge in [0.15, 0.2) is 0 Å². The molecule has 1 N–H and O–H groups in total. The van der Waals surface area contributed by atoms with Crippen LogP contribution in [0, 0.1) is 0 Å². The van der Waals surface area contributed by atoms with Gasteiger partial charge in [0.1, 0.15) is 0 Å². The van der Waals surface area contributed by atoms with E-state index in [0.29, 0.717) is 0 Å². The number of thioether (sulfide) groups is 1. The van der Waals surface area contributed by atoms with Crippen LogP contribution < -0.4 is 5.32 Å². The van der Waals surface area contributed by atoms with E-state index in [1.165, 1.54) is 10.5 Å². The number of nitrogens with zero attached hydrogens (tertiary/aromatic N) is 1. The van der Waals surface area contributed by atoms with E-state index in [1.807, 2.05) is 12.1 Å². The molecule has 1 fully saturated rings. The second-order valence-electron chi connectivity index (χ2n) is 4.26. The summed E-state index contributed by atoms with van der Waals surface area (Å²) in [5.74, 6) is 0. The second-order valence-corrected chi connectivity index (χ2v) is 5.52. The zero-order chi connectivity index (χ0) is 12.1. The Balaban J connectivity index is 1.97. The molecule has 1 aromatic carbocycles. The van der Waals surface area contributed by atoms with Crippen molar-refractivity contribution < 1.29 is 0 Å². The third-order valence-electron chi connectivity index (χ3n) is 3.18. The summed E-state index contributed by atoms with van der Waals surface area (Å²) in [6, 6.07) is 6.18. The summed E-state index contributed by atoms with van der Waals surface area (Å²) in [6.07, 6.45) is 3.16. The first kappa shape index (κ1) is 13.2. The van der Waals surface area contributed by atoms with Gasteiger partial charge in [-0.2, -0.15) is 0 Å². The molecule has 0 aromatic heterocycles. The molecule has 0 aliphatic carbocycles. The van der Waals surface area contributed by atoms with E-state index in [-0.39, 0.29) is 0 Å². The molecule has 1 saturated heterocycles. The Bertz CT molecular complexity index is 364. The first-order chi connectivity index (χ1) is 8.31. The maximum atomic E-state index is 6.28. The van der Waals surface area contributed by atoms with Gasteiger partial charge in [0.2, 0.25) is 0 Å². The van der Waals surface area contributed by atoms with Gasteiger partial charge < -0.3 is 10.2 Å². The van der Waals surface area contributed by atoms with E-state index < -0.39 is 0 Å². The van der Waals surface area contributed by atoms with Gasteiger partial charge in [-0.25, -0.2) is 0 Å². The minimum Gasteiger partial charge on any atom is -0.314 e. The number of benzene rings is 1. The van der Waals surface area contributed by atoms with Gasteiger partial charge in [0.05, 0.1) is 0 Å². The molecule has 0 atom stereocenters. The first-order valence-electron chi connectivity index (χ1n) is 6.05. The summed E-state index contributed by atoms with van der Waals surface area (Å²) in [5, 5.41) is 4.28. The Morgan fingerprint density at radius 1 is 1.35 bits per heavy atom. The molecule has 0 amide bonds. The van der Waals surface area contributed by atoms with Gasteiger partial charge in [-0.1, -0.05) is 17.7 Å². The smallest absolute Gasteiger partial charge is 0.0449 e. The fraction of sp³-hybridized carbons (Fsp3) is 0.538. The van der Waals surface area contributed by atoms with E-state index >= 15 is 0 Å². The van der Waals surface area contributed by atoms with E-state index in [2.05, 4.69) is 22.5 Å². The van der Waals surface area contributed by atoms with Crippen LogP contribution in [0.1, 0.15) is 5.56 Å². The number of hydrogen-bond acceptors (Lipinski definition) is 3. The lowest BCUT2D eigenvalue weighted by Crippen LogP contribution is -2.44. The summed E-state index contributed by atoms with van der Waals surface area (Å²) < 4.78 is 0. The maximum absolute atomic E-state index is 6.28. The molecule has 2 nitrogen and oxygen atoms in total. The van der Waals surface area contributed by atoms with Crippen LogP contribution in [0.5, 0.6) is 0 Å². The van der Waals surface area contributed by atoms with Crippen molar-refractivity contribution in [2.24, 2.45) is 0 Å². The van der Waals surface area contributed by atoms with E-state index in [0.717, 1.165) is 44.2 Å². The fourth-order valence-corrected chi connectivity index (χ4v) is 3.18. The van der Waals surface area contributed by atoms with Crippen LogP contribution >= 0.6 is 23.4 Å². The molecule has 0 spiro atoms. The van der Waals surface area contributed by atoms with Crippen LogP contribution in [0.2, 0.25) is 5.02 Å². The molecule has 0 saturated carbocycles. The van der Waals surface area contributed by atoms with Crippen molar-refractivity contribution in [3.05, 3.63) is 28.8 Å². The van der Waals surface area contributed by atoms with Crippen LogP contribution in [0.3, 0.4) is 0 Å². The molecule has 94 valence electrons. The van der Waals surface area contributed by atoms with Crippen molar-refractivity contribution in [3.8, 4) is 0 Å². The van der Waals surface area contributed by atoms with Crippen molar-refractivity contribution in [1.29, 1.82) is 0 Å². The van der Waals surface area contributed by atoms with Crippen LogP contribution in [-0.2, 0) is 6.42 Å². The average molecular weight is 271 g/mol. The number of hydrogen-bond donors (Lipinski definition) is 1. The van der Waals surface area contributed by atoms with Gasteiger partial charge in [0.25, 0.3) is 0 Å². The minimum absolute atomic E-state index is 0.909. The molecule has 4 heteroatoms. The Kier molecular flexibility index (Phi) is 5.16. The highest BCUT2D eigenvalue weighted by Crippen LogP contribution is 2.27. The van der Waals surface area contributed by atoms with Gasteiger partial charge in [-0.15, -0.1) is 11.8 Å². The third kappa shape index (κ3) is 3.62. The van der Waals surface area contributed by atoms with E-state index in [4.69, 9.17) is 11.6 Å². The van der Waals surface area contributed by atoms with Crippen molar-refractivity contribution in [2.45, 2.75) is 11.3 Å². The lowest BCUT2D eigenvalue weighted by atomic mass is 10.1. The number of halogens is 1. The topological polar surface area (TPSA) is 15.3 Å². The molecular formula is C13H19ClN2S. The van der Waals surface area contributed by atoms with Crippen molar-refractivity contribution in [3.63, 3.8) is 0 Å². The Morgan fingerprint density at radius 2 is 2.12 bits per heavy atom. The van der Waals surface area contributed by atoms with Crippen molar-refractivity contribution in [1.82, 2.24) is 10.2 Å². The molecule has 2 rings (SSSR count). The molecule has 1 heterocycles. The lowest BCUT2D eigenvalue weighted by Gasteiger charge is -2.27. The molecule has 0 bridgehead atoms.